The van der Waals surface area contributed by atoms with Crippen molar-refractivity contribution in [2.45, 2.75) is 19.3 Å². The van der Waals surface area contributed by atoms with Crippen LogP contribution in [0.3, 0.4) is 0 Å². The Morgan fingerprint density at radius 1 is 1.16 bits per heavy atom. The van der Waals surface area contributed by atoms with Crippen LogP contribution in [0, 0.1) is 0 Å². The van der Waals surface area contributed by atoms with Gasteiger partial charge in [0.15, 0.2) is 0 Å². The number of hydrogen-bond acceptors (Lipinski definition) is 3. The predicted octanol–water partition coefficient (Wildman–Crippen LogP) is 1.81. The number of likely N-dealkylation sites (tertiary alicyclic amines) is 1. The number of nitrogens with zero attached hydrogens (tertiary/aromatic N) is 1. The molecule has 0 bridgehead atoms. The fourth-order valence-corrected chi connectivity index (χ4v) is 2.19. The Kier molecular flexibility index (Phi) is 4.52. The third-order valence-electron chi connectivity index (χ3n) is 3.27. The van der Waals surface area contributed by atoms with E-state index in [0.29, 0.717) is 12.1 Å². The largest absolute Gasteiger partial charge is 0.478 e. The SMILES string of the molecule is O=C(CCN1CCCC1)Nc1ccc(C(=O)O)cc1. The van der Waals surface area contributed by atoms with Gasteiger partial charge in [0.25, 0.3) is 0 Å². The molecule has 1 aliphatic rings. The molecule has 1 heterocycles. The monoisotopic (exact) mass is 262 g/mol. The third-order valence-corrected chi connectivity index (χ3v) is 3.27. The van der Waals surface area contributed by atoms with Crippen molar-refractivity contribution in [3.63, 3.8) is 0 Å². The maximum Gasteiger partial charge on any atom is 0.335 e. The van der Waals surface area contributed by atoms with Crippen molar-refractivity contribution in [3.05, 3.63) is 29.8 Å². The molecule has 1 aliphatic heterocycles. The van der Waals surface area contributed by atoms with Gasteiger partial charge in [0.05, 0.1) is 5.56 Å². The van der Waals surface area contributed by atoms with Crippen molar-refractivity contribution >= 4 is 17.6 Å². The number of carbonyl (C=O) groups excluding carboxylic acids is 1. The minimum Gasteiger partial charge on any atom is -0.478 e. The summed E-state index contributed by atoms with van der Waals surface area (Å²) in [5.41, 5.74) is 0.853. The molecule has 5 nitrogen and oxygen atoms in total. The standard InChI is InChI=1S/C14H18N2O3/c17-13(7-10-16-8-1-2-9-16)15-12-5-3-11(4-6-12)14(18)19/h3-6H,1-2,7-10H2,(H,15,17)(H,18,19). The average Bonchev–Trinajstić information content (AvgIpc) is 2.90. The van der Waals surface area contributed by atoms with E-state index in [-0.39, 0.29) is 11.5 Å². The zero-order chi connectivity index (χ0) is 13.7. The zero-order valence-electron chi connectivity index (χ0n) is 10.8. The highest BCUT2D eigenvalue weighted by molar-refractivity contribution is 5.92. The van der Waals surface area contributed by atoms with Crippen LogP contribution in [0.2, 0.25) is 0 Å². The number of nitrogens with one attached hydrogen (secondary N) is 1. The van der Waals surface area contributed by atoms with E-state index in [9.17, 15) is 9.59 Å². The lowest BCUT2D eigenvalue weighted by Crippen LogP contribution is -2.25. The van der Waals surface area contributed by atoms with Crippen LogP contribution in [0.5, 0.6) is 0 Å². The molecule has 5 heteroatoms. The third kappa shape index (κ3) is 4.06. The van der Waals surface area contributed by atoms with Crippen molar-refractivity contribution < 1.29 is 14.7 Å². The summed E-state index contributed by atoms with van der Waals surface area (Å²) >= 11 is 0. The van der Waals surface area contributed by atoms with Gasteiger partial charge in [-0.25, -0.2) is 4.79 Å². The average molecular weight is 262 g/mol. The minimum atomic E-state index is -0.966. The van der Waals surface area contributed by atoms with Crippen LogP contribution in [0.25, 0.3) is 0 Å². The number of carboxylic acids is 1. The quantitative estimate of drug-likeness (QED) is 0.849. The summed E-state index contributed by atoms with van der Waals surface area (Å²) in [6.45, 7) is 2.96. The molecular formula is C14H18N2O3. The molecule has 102 valence electrons. The van der Waals surface area contributed by atoms with E-state index < -0.39 is 5.97 Å². The Bertz CT molecular complexity index is 450. The minimum absolute atomic E-state index is 0.0324. The first-order chi connectivity index (χ1) is 9.15. The van der Waals surface area contributed by atoms with Crippen LogP contribution >= 0.6 is 0 Å². The van der Waals surface area contributed by atoms with E-state index >= 15 is 0 Å². The Hall–Kier alpha value is -1.88. The van der Waals surface area contributed by atoms with Crippen LogP contribution < -0.4 is 5.32 Å². The Morgan fingerprint density at radius 2 is 1.79 bits per heavy atom. The summed E-state index contributed by atoms with van der Waals surface area (Å²) in [5.74, 6) is -0.998. The second-order valence-corrected chi connectivity index (χ2v) is 4.73. The number of benzene rings is 1. The highest BCUT2D eigenvalue weighted by Gasteiger charge is 2.12. The van der Waals surface area contributed by atoms with Crippen molar-refractivity contribution in [3.8, 4) is 0 Å². The van der Waals surface area contributed by atoms with Gasteiger partial charge < -0.3 is 15.3 Å². The lowest BCUT2D eigenvalue weighted by Gasteiger charge is -2.13. The molecule has 0 atom stereocenters. The molecule has 0 radical (unpaired) electrons. The van der Waals surface area contributed by atoms with Gasteiger partial charge in [-0.05, 0) is 50.2 Å². The van der Waals surface area contributed by atoms with Crippen LogP contribution in [-0.4, -0.2) is 41.5 Å². The highest BCUT2D eigenvalue weighted by Crippen LogP contribution is 2.11. The molecule has 0 aromatic heterocycles. The number of rotatable bonds is 5. The van der Waals surface area contributed by atoms with Crippen molar-refractivity contribution in [1.29, 1.82) is 0 Å². The summed E-state index contributed by atoms with van der Waals surface area (Å²) in [6.07, 6.45) is 2.91. The molecule has 19 heavy (non-hydrogen) atoms. The van der Waals surface area contributed by atoms with E-state index in [2.05, 4.69) is 10.2 Å². The van der Waals surface area contributed by atoms with Crippen molar-refractivity contribution in [1.82, 2.24) is 4.90 Å². The van der Waals surface area contributed by atoms with Gasteiger partial charge in [0.2, 0.25) is 5.91 Å². The van der Waals surface area contributed by atoms with Gasteiger partial charge in [-0.2, -0.15) is 0 Å². The Balaban J connectivity index is 1.79. The molecule has 0 saturated carbocycles. The number of anilines is 1. The van der Waals surface area contributed by atoms with Crippen molar-refractivity contribution in [2.24, 2.45) is 0 Å². The highest BCUT2D eigenvalue weighted by atomic mass is 16.4. The molecule has 0 spiro atoms. The van der Waals surface area contributed by atoms with Crippen LogP contribution in [-0.2, 0) is 4.79 Å². The molecule has 2 N–H and O–H groups in total. The van der Waals surface area contributed by atoms with Crippen LogP contribution in [0.15, 0.2) is 24.3 Å². The second-order valence-electron chi connectivity index (χ2n) is 4.73. The van der Waals surface area contributed by atoms with E-state index in [1.54, 1.807) is 12.1 Å². The van der Waals surface area contributed by atoms with Crippen LogP contribution in [0.1, 0.15) is 29.6 Å². The lowest BCUT2D eigenvalue weighted by atomic mass is 10.2. The first-order valence-corrected chi connectivity index (χ1v) is 6.51. The predicted molar refractivity (Wildman–Crippen MR) is 72.3 cm³/mol. The van der Waals surface area contributed by atoms with Gasteiger partial charge in [0.1, 0.15) is 0 Å². The maximum atomic E-state index is 11.7. The van der Waals surface area contributed by atoms with Gasteiger partial charge in [0, 0.05) is 18.7 Å². The summed E-state index contributed by atoms with van der Waals surface area (Å²) in [6, 6.07) is 6.19. The topological polar surface area (TPSA) is 69.6 Å². The lowest BCUT2D eigenvalue weighted by molar-refractivity contribution is -0.116. The van der Waals surface area contributed by atoms with E-state index in [1.807, 2.05) is 0 Å². The van der Waals surface area contributed by atoms with Gasteiger partial charge >= 0.3 is 5.97 Å². The van der Waals surface area contributed by atoms with Crippen molar-refractivity contribution in [2.75, 3.05) is 25.0 Å². The number of carboxylic acid groups (broad SMARTS) is 1. The molecule has 1 amide bonds. The summed E-state index contributed by atoms with van der Waals surface area (Å²) in [5, 5.41) is 11.5. The maximum absolute atomic E-state index is 11.7. The molecule has 1 fully saturated rings. The molecule has 2 rings (SSSR count). The van der Waals surface area contributed by atoms with Gasteiger partial charge in [-0.3, -0.25) is 4.79 Å². The van der Waals surface area contributed by atoms with Gasteiger partial charge in [-0.15, -0.1) is 0 Å². The van der Waals surface area contributed by atoms with Crippen LogP contribution in [0.4, 0.5) is 5.69 Å². The summed E-state index contributed by atoms with van der Waals surface area (Å²) < 4.78 is 0. The Labute approximate surface area is 112 Å². The smallest absolute Gasteiger partial charge is 0.335 e. The van der Waals surface area contributed by atoms with E-state index in [1.165, 1.54) is 25.0 Å². The number of amides is 1. The Morgan fingerprint density at radius 3 is 2.37 bits per heavy atom. The zero-order valence-corrected chi connectivity index (χ0v) is 10.8. The molecule has 0 unspecified atom stereocenters. The molecule has 1 saturated heterocycles. The first kappa shape index (κ1) is 13.5. The molecular weight excluding hydrogens is 244 g/mol. The summed E-state index contributed by atoms with van der Waals surface area (Å²) in [7, 11) is 0. The van der Waals surface area contributed by atoms with Gasteiger partial charge in [-0.1, -0.05) is 0 Å². The first-order valence-electron chi connectivity index (χ1n) is 6.51. The molecule has 1 aromatic rings. The second kappa shape index (κ2) is 6.33. The fraction of sp³-hybridized carbons (Fsp3) is 0.429. The number of carbonyl (C=O) groups is 2. The van der Waals surface area contributed by atoms with E-state index in [0.717, 1.165) is 19.6 Å². The van der Waals surface area contributed by atoms with E-state index in [4.69, 9.17) is 5.11 Å². The fourth-order valence-electron chi connectivity index (χ4n) is 2.19. The summed E-state index contributed by atoms with van der Waals surface area (Å²) in [4.78, 5) is 24.7. The normalized spacial score (nSPS) is 15.4. The number of hydrogen-bond donors (Lipinski definition) is 2. The molecule has 0 aliphatic carbocycles. The number of aromatic carboxylic acids is 1. The molecule has 1 aromatic carbocycles.